The molecule has 1 aliphatic heterocycles. The normalized spacial score (nSPS) is 17.1. The van der Waals surface area contributed by atoms with Gasteiger partial charge in [0.15, 0.2) is 0 Å². The van der Waals surface area contributed by atoms with Crippen molar-refractivity contribution >= 4 is 5.69 Å². The van der Waals surface area contributed by atoms with Gasteiger partial charge in [-0.05, 0) is 12.1 Å². The van der Waals surface area contributed by atoms with Gasteiger partial charge in [0.25, 0.3) is 0 Å². The molecule has 0 amide bonds. The molecule has 1 heterocycles. The molecule has 1 aromatic rings. The number of anilines is 1. The Morgan fingerprint density at radius 1 is 1.50 bits per heavy atom. The van der Waals surface area contributed by atoms with Gasteiger partial charge in [-0.2, -0.15) is 0 Å². The molecule has 1 aromatic carbocycles. The maximum Gasteiger partial charge on any atom is 0.145 e. The van der Waals surface area contributed by atoms with Crippen LogP contribution in [-0.2, 0) is 4.74 Å². The number of rotatable bonds is 6. The fourth-order valence-electron chi connectivity index (χ4n) is 1.50. The Labute approximate surface area is 104 Å². The molecule has 1 fully saturated rings. The van der Waals surface area contributed by atoms with Crippen LogP contribution in [0.5, 0.6) is 5.75 Å². The maximum absolute atomic E-state index is 13.2. The zero-order valence-electron chi connectivity index (χ0n) is 9.80. The maximum atomic E-state index is 13.2. The smallest absolute Gasteiger partial charge is 0.145 e. The van der Waals surface area contributed by atoms with E-state index < -0.39 is 11.9 Å². The van der Waals surface area contributed by atoms with Crippen molar-refractivity contribution in [3.63, 3.8) is 0 Å². The highest BCUT2D eigenvalue weighted by Gasteiger charge is 2.21. The number of hydrogen-bond donors (Lipinski definition) is 3. The van der Waals surface area contributed by atoms with Gasteiger partial charge in [0, 0.05) is 12.6 Å². The summed E-state index contributed by atoms with van der Waals surface area (Å²) < 4.78 is 23.8. The molecule has 0 aliphatic carbocycles. The van der Waals surface area contributed by atoms with Gasteiger partial charge in [0.2, 0.25) is 0 Å². The minimum atomic E-state index is -0.895. The van der Waals surface area contributed by atoms with E-state index in [1.807, 2.05) is 0 Å². The summed E-state index contributed by atoms with van der Waals surface area (Å²) >= 11 is 0. The van der Waals surface area contributed by atoms with Crippen molar-refractivity contribution in [3.8, 4) is 5.75 Å². The zero-order valence-corrected chi connectivity index (χ0v) is 9.80. The molecule has 0 saturated carbocycles. The average Bonchev–Trinajstić information content (AvgIpc) is 2.32. The lowest BCUT2D eigenvalue weighted by Crippen LogP contribution is -2.38. The summed E-state index contributed by atoms with van der Waals surface area (Å²) in [6.07, 6.45) is -0.910. The summed E-state index contributed by atoms with van der Waals surface area (Å²) in [6, 6.07) is 4.13. The first-order chi connectivity index (χ1) is 8.69. The molecule has 0 radical (unpaired) electrons. The van der Waals surface area contributed by atoms with Crippen LogP contribution in [0.1, 0.15) is 0 Å². The Hall–Kier alpha value is -1.37. The Morgan fingerprint density at radius 2 is 2.28 bits per heavy atom. The summed E-state index contributed by atoms with van der Waals surface area (Å²) in [4.78, 5) is 0. The molecular weight excluding hydrogens is 241 g/mol. The van der Waals surface area contributed by atoms with Crippen molar-refractivity contribution in [2.45, 2.75) is 12.2 Å². The highest BCUT2D eigenvalue weighted by atomic mass is 19.1. The van der Waals surface area contributed by atoms with Crippen molar-refractivity contribution in [1.82, 2.24) is 0 Å². The average molecular weight is 257 g/mol. The number of benzene rings is 1. The molecular formula is C12H16FNO4. The number of hydrogen-bond acceptors (Lipinski definition) is 5. The van der Waals surface area contributed by atoms with Crippen LogP contribution >= 0.6 is 0 Å². The zero-order chi connectivity index (χ0) is 13.0. The number of halogens is 1. The van der Waals surface area contributed by atoms with E-state index in [1.165, 1.54) is 18.2 Å². The predicted molar refractivity (Wildman–Crippen MR) is 63.2 cm³/mol. The molecule has 1 aliphatic rings. The number of aliphatic hydroxyl groups excluding tert-OH is 2. The van der Waals surface area contributed by atoms with Crippen LogP contribution in [0.15, 0.2) is 18.2 Å². The molecule has 0 aromatic heterocycles. The van der Waals surface area contributed by atoms with Gasteiger partial charge in [0.1, 0.15) is 17.7 Å². The fourth-order valence-corrected chi connectivity index (χ4v) is 1.50. The standard InChI is InChI=1S/C12H16FNO4/c13-8-1-2-12(18-10-6-17-7-10)11(3-8)14-4-9(16)5-15/h1-3,9-10,14-16H,4-7H2. The SMILES string of the molecule is OCC(O)CNc1cc(F)ccc1OC1COC1. The second-order valence-corrected chi connectivity index (χ2v) is 4.14. The monoisotopic (exact) mass is 257 g/mol. The second-order valence-electron chi connectivity index (χ2n) is 4.14. The Bertz CT molecular complexity index is 398. The van der Waals surface area contributed by atoms with Crippen molar-refractivity contribution < 1.29 is 24.1 Å². The van der Waals surface area contributed by atoms with E-state index in [1.54, 1.807) is 0 Å². The van der Waals surface area contributed by atoms with E-state index in [2.05, 4.69) is 5.32 Å². The third kappa shape index (κ3) is 3.32. The lowest BCUT2D eigenvalue weighted by atomic mass is 10.2. The van der Waals surface area contributed by atoms with Gasteiger partial charge in [-0.3, -0.25) is 0 Å². The number of nitrogens with one attached hydrogen (secondary N) is 1. The third-order valence-corrected chi connectivity index (χ3v) is 2.58. The lowest BCUT2D eigenvalue weighted by molar-refractivity contribution is -0.0794. The molecule has 3 N–H and O–H groups in total. The van der Waals surface area contributed by atoms with E-state index in [0.717, 1.165) is 0 Å². The van der Waals surface area contributed by atoms with Crippen LogP contribution in [0.25, 0.3) is 0 Å². The summed E-state index contributed by atoms with van der Waals surface area (Å²) in [5.74, 6) is 0.114. The van der Waals surface area contributed by atoms with E-state index in [4.69, 9.17) is 14.6 Å². The minimum absolute atomic E-state index is 0.0150. The van der Waals surface area contributed by atoms with Crippen LogP contribution < -0.4 is 10.1 Å². The predicted octanol–water partition coefficient (Wildman–Crippen LogP) is 0.368. The molecule has 2 rings (SSSR count). The number of aliphatic hydroxyl groups is 2. The van der Waals surface area contributed by atoms with Crippen molar-refractivity contribution in [2.24, 2.45) is 0 Å². The van der Waals surface area contributed by atoms with Gasteiger partial charge in [-0.15, -0.1) is 0 Å². The van der Waals surface area contributed by atoms with Gasteiger partial charge < -0.3 is 25.0 Å². The highest BCUT2D eigenvalue weighted by molar-refractivity contribution is 5.56. The van der Waals surface area contributed by atoms with E-state index in [9.17, 15) is 9.50 Å². The van der Waals surface area contributed by atoms with Gasteiger partial charge in [-0.1, -0.05) is 0 Å². The molecule has 1 unspecified atom stereocenters. The van der Waals surface area contributed by atoms with Gasteiger partial charge >= 0.3 is 0 Å². The van der Waals surface area contributed by atoms with Crippen molar-refractivity contribution in [3.05, 3.63) is 24.0 Å². The van der Waals surface area contributed by atoms with Crippen LogP contribution in [-0.4, -0.2) is 48.8 Å². The van der Waals surface area contributed by atoms with E-state index in [0.29, 0.717) is 24.7 Å². The van der Waals surface area contributed by atoms with Gasteiger partial charge in [0.05, 0.1) is 31.6 Å². The Kier molecular flexibility index (Phi) is 4.35. The van der Waals surface area contributed by atoms with Gasteiger partial charge in [-0.25, -0.2) is 4.39 Å². The molecule has 1 atom stereocenters. The van der Waals surface area contributed by atoms with Crippen LogP contribution in [0.4, 0.5) is 10.1 Å². The van der Waals surface area contributed by atoms with Crippen LogP contribution in [0, 0.1) is 5.82 Å². The molecule has 6 heteroatoms. The Morgan fingerprint density at radius 3 is 2.89 bits per heavy atom. The molecule has 100 valence electrons. The second kappa shape index (κ2) is 5.99. The summed E-state index contributed by atoms with van der Waals surface area (Å²) in [5, 5.41) is 20.8. The van der Waals surface area contributed by atoms with Crippen LogP contribution in [0.2, 0.25) is 0 Å². The topological polar surface area (TPSA) is 71.0 Å². The molecule has 0 spiro atoms. The van der Waals surface area contributed by atoms with Crippen LogP contribution in [0.3, 0.4) is 0 Å². The fraction of sp³-hybridized carbons (Fsp3) is 0.500. The van der Waals surface area contributed by atoms with Crippen molar-refractivity contribution in [1.29, 1.82) is 0 Å². The summed E-state index contributed by atoms with van der Waals surface area (Å²) in [6.45, 7) is 0.818. The molecule has 5 nitrogen and oxygen atoms in total. The summed E-state index contributed by atoms with van der Waals surface area (Å²) in [5.41, 5.74) is 0.453. The Balaban J connectivity index is 2.02. The van der Waals surface area contributed by atoms with E-state index >= 15 is 0 Å². The molecule has 1 saturated heterocycles. The molecule has 0 bridgehead atoms. The first-order valence-electron chi connectivity index (χ1n) is 5.76. The number of ether oxygens (including phenoxy) is 2. The quantitative estimate of drug-likeness (QED) is 0.687. The molecule has 18 heavy (non-hydrogen) atoms. The van der Waals surface area contributed by atoms with Crippen molar-refractivity contribution in [2.75, 3.05) is 31.7 Å². The minimum Gasteiger partial charge on any atom is -0.483 e. The summed E-state index contributed by atoms with van der Waals surface area (Å²) in [7, 11) is 0. The van der Waals surface area contributed by atoms with E-state index in [-0.39, 0.29) is 19.3 Å². The third-order valence-electron chi connectivity index (χ3n) is 2.58. The first-order valence-corrected chi connectivity index (χ1v) is 5.76. The highest BCUT2D eigenvalue weighted by Crippen LogP contribution is 2.27. The first kappa shape index (κ1) is 13.1. The lowest BCUT2D eigenvalue weighted by Gasteiger charge is -2.28. The largest absolute Gasteiger partial charge is 0.483 e.